The van der Waals surface area contributed by atoms with Crippen LogP contribution in [0.25, 0.3) is 0 Å². The van der Waals surface area contributed by atoms with Crippen LogP contribution in [-0.2, 0) is 19.1 Å². The molecule has 1 heterocycles. The molecule has 0 aromatic carbocycles. The number of fused-ring (bicyclic) bond motifs is 5. The molecule has 0 bridgehead atoms. The van der Waals surface area contributed by atoms with Crippen molar-refractivity contribution in [2.24, 2.45) is 40.4 Å². The highest BCUT2D eigenvalue weighted by Crippen LogP contribution is 2.66. The molecule has 0 spiro atoms. The van der Waals surface area contributed by atoms with Gasteiger partial charge in [-0.1, -0.05) is 39.5 Å². The molecular formula is C27H37NO4. The Bertz CT molecular complexity index is 873. The monoisotopic (exact) mass is 439 g/mol. The lowest BCUT2D eigenvalue weighted by molar-refractivity contribution is -0.153. The zero-order valence-electron chi connectivity index (χ0n) is 19.8. The van der Waals surface area contributed by atoms with Crippen molar-refractivity contribution in [2.45, 2.75) is 58.9 Å². The van der Waals surface area contributed by atoms with E-state index < -0.39 is 0 Å². The molecule has 0 aromatic rings. The fourth-order valence-corrected chi connectivity index (χ4v) is 7.63. The Labute approximate surface area is 192 Å². The average Bonchev–Trinajstić information content (AvgIpc) is 3.10. The Morgan fingerprint density at radius 3 is 2.75 bits per heavy atom. The minimum absolute atomic E-state index is 0.00414. The number of ether oxygens (including phenoxy) is 2. The van der Waals surface area contributed by atoms with Crippen molar-refractivity contribution in [3.63, 3.8) is 0 Å². The van der Waals surface area contributed by atoms with Crippen molar-refractivity contribution in [3.05, 3.63) is 49.0 Å². The molecule has 32 heavy (non-hydrogen) atoms. The van der Waals surface area contributed by atoms with Gasteiger partial charge in [-0.05, 0) is 73.3 Å². The number of hydrogen-bond donors (Lipinski definition) is 1. The average molecular weight is 440 g/mol. The maximum absolute atomic E-state index is 13.3. The standard InChI is InChI=1S/C27H37NO4/c1-6-7-18(12-15-31-5)32-25(30)21-9-8-19-24-17(2)16-22-27(4,14-11-23(29)28-22)20(24)10-13-26(19,21)3/h6-7,11-12,14-15,17,19-22,24H,1,8-10,13,16H2,2-5H3,(H,28,29)/b15-12-,18-7+/t17?,19?,20?,21-,22?,24?,26?,27?/m1/s1. The smallest absolute Gasteiger partial charge is 0.314 e. The largest absolute Gasteiger partial charge is 0.504 e. The summed E-state index contributed by atoms with van der Waals surface area (Å²) in [5.74, 6) is 2.36. The number of esters is 1. The minimum atomic E-state index is -0.139. The summed E-state index contributed by atoms with van der Waals surface area (Å²) in [5.41, 5.74) is -0.0581. The van der Waals surface area contributed by atoms with Crippen LogP contribution in [0.2, 0.25) is 0 Å². The number of allylic oxidation sites excluding steroid dienone is 3. The molecule has 0 aromatic heterocycles. The Morgan fingerprint density at radius 1 is 1.25 bits per heavy atom. The van der Waals surface area contributed by atoms with E-state index in [0.29, 0.717) is 29.4 Å². The van der Waals surface area contributed by atoms with Crippen LogP contribution in [0.3, 0.4) is 0 Å². The Hall–Kier alpha value is -2.30. The van der Waals surface area contributed by atoms with Gasteiger partial charge in [0.1, 0.15) is 5.76 Å². The number of carbonyl (C=O) groups is 2. The van der Waals surface area contributed by atoms with Crippen LogP contribution in [0.15, 0.2) is 49.0 Å². The summed E-state index contributed by atoms with van der Waals surface area (Å²) in [6, 6.07) is 0.210. The predicted molar refractivity (Wildman–Crippen MR) is 124 cm³/mol. The van der Waals surface area contributed by atoms with Gasteiger partial charge in [0.2, 0.25) is 5.91 Å². The van der Waals surface area contributed by atoms with E-state index in [9.17, 15) is 9.59 Å². The highest BCUT2D eigenvalue weighted by Gasteiger charge is 2.62. The number of hydrogen-bond acceptors (Lipinski definition) is 4. The lowest BCUT2D eigenvalue weighted by Gasteiger charge is -2.60. The van der Waals surface area contributed by atoms with Crippen molar-refractivity contribution < 1.29 is 19.1 Å². The Kier molecular flexibility index (Phi) is 6.12. The van der Waals surface area contributed by atoms with Crippen molar-refractivity contribution in [2.75, 3.05) is 7.11 Å². The van der Waals surface area contributed by atoms with Gasteiger partial charge in [0.15, 0.2) is 0 Å². The van der Waals surface area contributed by atoms with Gasteiger partial charge in [0, 0.05) is 17.5 Å². The van der Waals surface area contributed by atoms with Crippen LogP contribution in [0, 0.1) is 40.4 Å². The molecule has 0 radical (unpaired) electrons. The zero-order chi connectivity index (χ0) is 23.1. The fraction of sp³-hybridized carbons (Fsp3) is 0.630. The van der Waals surface area contributed by atoms with Gasteiger partial charge in [0.05, 0.1) is 19.3 Å². The first-order chi connectivity index (χ1) is 15.2. The van der Waals surface area contributed by atoms with Gasteiger partial charge in [-0.15, -0.1) is 0 Å². The van der Waals surface area contributed by atoms with Gasteiger partial charge < -0.3 is 14.8 Å². The minimum Gasteiger partial charge on any atom is -0.504 e. The summed E-state index contributed by atoms with van der Waals surface area (Å²) < 4.78 is 10.8. The lowest BCUT2D eigenvalue weighted by Crippen LogP contribution is -2.61. The molecule has 7 unspecified atom stereocenters. The van der Waals surface area contributed by atoms with E-state index in [-0.39, 0.29) is 34.7 Å². The molecule has 0 saturated heterocycles. The van der Waals surface area contributed by atoms with E-state index in [1.165, 1.54) is 6.26 Å². The van der Waals surface area contributed by atoms with Crippen molar-refractivity contribution in [1.82, 2.24) is 5.32 Å². The first kappa shape index (κ1) is 22.9. The number of methoxy groups -OCH3 is 1. The number of rotatable bonds is 5. The van der Waals surface area contributed by atoms with Gasteiger partial charge in [-0.2, -0.15) is 0 Å². The molecular weight excluding hydrogens is 402 g/mol. The third-order valence-electron chi connectivity index (χ3n) is 9.21. The van der Waals surface area contributed by atoms with E-state index in [2.05, 4.69) is 38.7 Å². The first-order valence-electron chi connectivity index (χ1n) is 12.0. The molecule has 4 aliphatic rings. The Balaban J connectivity index is 1.57. The van der Waals surface area contributed by atoms with E-state index in [1.54, 1.807) is 31.4 Å². The van der Waals surface area contributed by atoms with Crippen LogP contribution < -0.4 is 5.32 Å². The summed E-state index contributed by atoms with van der Waals surface area (Å²) in [5, 5.41) is 3.24. The maximum atomic E-state index is 13.3. The Morgan fingerprint density at radius 2 is 2.03 bits per heavy atom. The molecule has 3 saturated carbocycles. The number of nitrogens with one attached hydrogen (secondary N) is 1. The predicted octanol–water partition coefficient (Wildman–Crippen LogP) is 4.92. The normalized spacial score (nSPS) is 43.1. The number of carbonyl (C=O) groups excluding carboxylic acids is 2. The summed E-state index contributed by atoms with van der Waals surface area (Å²) in [6.07, 6.45) is 15.4. The van der Waals surface area contributed by atoms with Gasteiger partial charge in [0.25, 0.3) is 0 Å². The quantitative estimate of drug-likeness (QED) is 0.375. The van der Waals surface area contributed by atoms with Crippen LogP contribution in [0.5, 0.6) is 0 Å². The summed E-state index contributed by atoms with van der Waals surface area (Å²) in [6.45, 7) is 10.7. The lowest BCUT2D eigenvalue weighted by atomic mass is 9.45. The van der Waals surface area contributed by atoms with Crippen LogP contribution in [0.4, 0.5) is 0 Å². The van der Waals surface area contributed by atoms with E-state index in [0.717, 1.165) is 32.1 Å². The van der Waals surface area contributed by atoms with Crippen LogP contribution in [-0.4, -0.2) is 25.0 Å². The van der Waals surface area contributed by atoms with Crippen LogP contribution >= 0.6 is 0 Å². The second-order valence-corrected chi connectivity index (χ2v) is 10.7. The SMILES string of the molecule is C=C/C=C(\C=C/OC)OC(=O)[C@H]1CCC2C3C(C)CC4NC(=O)C=CC4(C)C3CCC21C. The molecule has 174 valence electrons. The van der Waals surface area contributed by atoms with Crippen molar-refractivity contribution in [1.29, 1.82) is 0 Å². The first-order valence-corrected chi connectivity index (χ1v) is 12.0. The summed E-state index contributed by atoms with van der Waals surface area (Å²) in [4.78, 5) is 25.3. The van der Waals surface area contributed by atoms with E-state index in [1.807, 2.05) is 0 Å². The molecule has 8 atom stereocenters. The van der Waals surface area contributed by atoms with Crippen molar-refractivity contribution in [3.8, 4) is 0 Å². The number of amides is 1. The molecule has 5 nitrogen and oxygen atoms in total. The second-order valence-electron chi connectivity index (χ2n) is 10.7. The molecule has 5 heteroatoms. The second kappa shape index (κ2) is 8.57. The van der Waals surface area contributed by atoms with Gasteiger partial charge in [-0.3, -0.25) is 9.59 Å². The molecule has 1 aliphatic heterocycles. The third-order valence-corrected chi connectivity index (χ3v) is 9.21. The van der Waals surface area contributed by atoms with E-state index in [4.69, 9.17) is 9.47 Å². The van der Waals surface area contributed by atoms with E-state index >= 15 is 0 Å². The maximum Gasteiger partial charge on any atom is 0.314 e. The molecule has 1 N–H and O–H groups in total. The van der Waals surface area contributed by atoms with Crippen LogP contribution in [0.1, 0.15) is 52.9 Å². The zero-order valence-corrected chi connectivity index (χ0v) is 19.8. The van der Waals surface area contributed by atoms with Crippen molar-refractivity contribution >= 4 is 11.9 Å². The van der Waals surface area contributed by atoms with Gasteiger partial charge in [-0.25, -0.2) is 0 Å². The molecule has 1 amide bonds. The third kappa shape index (κ3) is 3.64. The topological polar surface area (TPSA) is 64.6 Å². The highest BCUT2D eigenvalue weighted by molar-refractivity contribution is 5.89. The molecule has 4 rings (SSSR count). The fourth-order valence-electron chi connectivity index (χ4n) is 7.63. The summed E-state index contributed by atoms with van der Waals surface area (Å²) >= 11 is 0. The van der Waals surface area contributed by atoms with Gasteiger partial charge >= 0.3 is 5.97 Å². The molecule has 3 aliphatic carbocycles. The summed E-state index contributed by atoms with van der Waals surface area (Å²) in [7, 11) is 1.56. The molecule has 3 fully saturated rings. The highest BCUT2D eigenvalue weighted by atomic mass is 16.5.